The van der Waals surface area contributed by atoms with E-state index in [0.717, 1.165) is 17.5 Å². The van der Waals surface area contributed by atoms with Crippen molar-refractivity contribution in [2.24, 2.45) is 0 Å². The fourth-order valence-electron chi connectivity index (χ4n) is 3.60. The second-order valence-electron chi connectivity index (χ2n) is 8.05. The molecule has 5 rings (SSSR count). The Labute approximate surface area is 200 Å². The molecule has 0 saturated heterocycles. The molecule has 0 aliphatic heterocycles. The number of carbonyl (C=O) groups is 2. The molecule has 2 amide bonds. The average Bonchev–Trinajstić information content (AvgIpc) is 3.29. The van der Waals surface area contributed by atoms with E-state index in [4.69, 9.17) is 11.6 Å². The molecule has 4 heterocycles. The number of nitrogens with one attached hydrogen (secondary N) is 2. The molecule has 4 aromatic rings. The van der Waals surface area contributed by atoms with Crippen molar-refractivity contribution < 1.29 is 22.8 Å². The zero-order valence-corrected chi connectivity index (χ0v) is 18.9. The van der Waals surface area contributed by atoms with Crippen molar-refractivity contribution in [3.63, 3.8) is 0 Å². The third-order valence-corrected chi connectivity index (χ3v) is 5.71. The van der Waals surface area contributed by atoms with Crippen LogP contribution in [0, 0.1) is 6.92 Å². The Bertz CT molecular complexity index is 1470. The molecular weight excluding hydrogens is 487 g/mol. The lowest BCUT2D eigenvalue weighted by Gasteiger charge is -2.16. The highest BCUT2D eigenvalue weighted by Crippen LogP contribution is 2.31. The van der Waals surface area contributed by atoms with Gasteiger partial charge in [0.25, 0.3) is 11.8 Å². The predicted octanol–water partition coefficient (Wildman–Crippen LogP) is 4.04. The molecule has 0 spiro atoms. The Balaban J connectivity index is 1.60. The Hall–Kier alpha value is -3.93. The quantitative estimate of drug-likeness (QED) is 0.427. The van der Waals surface area contributed by atoms with Crippen LogP contribution in [0.2, 0.25) is 5.02 Å². The van der Waals surface area contributed by atoms with Crippen LogP contribution in [0.5, 0.6) is 0 Å². The second kappa shape index (κ2) is 8.38. The largest absolute Gasteiger partial charge is 0.435 e. The molecule has 1 aliphatic rings. The smallest absolute Gasteiger partial charge is 0.348 e. The number of aryl methyl sites for hydroxylation is 1. The predicted molar refractivity (Wildman–Crippen MR) is 120 cm³/mol. The fraction of sp³-hybridized carbons (Fsp3) is 0.227. The number of nitrogens with zero attached hydrogens (tertiary/aromatic N) is 5. The van der Waals surface area contributed by atoms with Crippen LogP contribution in [0.4, 0.5) is 18.9 Å². The van der Waals surface area contributed by atoms with Gasteiger partial charge in [-0.2, -0.15) is 23.4 Å². The molecular formula is C22H17ClF3N7O2. The monoisotopic (exact) mass is 503 g/mol. The number of hydrogen-bond donors (Lipinski definition) is 2. The maximum absolute atomic E-state index is 13.5. The number of amides is 2. The molecule has 0 aromatic carbocycles. The van der Waals surface area contributed by atoms with Crippen LogP contribution in [-0.2, 0) is 6.18 Å². The van der Waals surface area contributed by atoms with Gasteiger partial charge in [-0.05, 0) is 49.6 Å². The average molecular weight is 504 g/mol. The minimum absolute atomic E-state index is 0.00276. The van der Waals surface area contributed by atoms with Crippen LogP contribution >= 0.6 is 11.6 Å². The number of pyridine rings is 2. The lowest BCUT2D eigenvalue weighted by molar-refractivity contribution is -0.141. The SMILES string of the molecule is Cc1cc2ccnn2c(C(=O)NC2CC2)c1NC(=O)c1cc(C(F)(F)F)nn1-c1ncccc1Cl. The number of halogens is 4. The molecule has 1 saturated carbocycles. The van der Waals surface area contributed by atoms with Crippen molar-refractivity contribution in [3.05, 3.63) is 70.4 Å². The zero-order chi connectivity index (χ0) is 24.9. The van der Waals surface area contributed by atoms with E-state index < -0.39 is 29.4 Å². The highest BCUT2D eigenvalue weighted by Gasteiger charge is 2.37. The highest BCUT2D eigenvalue weighted by molar-refractivity contribution is 6.32. The summed E-state index contributed by atoms with van der Waals surface area (Å²) in [6.07, 6.45) is -0.325. The molecule has 9 nitrogen and oxygen atoms in total. The van der Waals surface area contributed by atoms with Crippen molar-refractivity contribution >= 4 is 34.6 Å². The number of carbonyl (C=O) groups excluding carboxylic acids is 2. The first-order chi connectivity index (χ1) is 16.6. The summed E-state index contributed by atoms with van der Waals surface area (Å²) in [5.74, 6) is -1.55. The van der Waals surface area contributed by atoms with Crippen LogP contribution < -0.4 is 10.6 Å². The third kappa shape index (κ3) is 4.32. The minimum Gasteiger partial charge on any atom is -0.348 e. The van der Waals surface area contributed by atoms with Gasteiger partial charge in [0.15, 0.2) is 17.2 Å². The van der Waals surface area contributed by atoms with Crippen LogP contribution in [0.3, 0.4) is 0 Å². The van der Waals surface area contributed by atoms with Gasteiger partial charge in [0.05, 0.1) is 22.4 Å². The van der Waals surface area contributed by atoms with Crippen LogP contribution in [-0.4, -0.2) is 42.2 Å². The fourth-order valence-corrected chi connectivity index (χ4v) is 3.80. The van der Waals surface area contributed by atoms with E-state index in [9.17, 15) is 22.8 Å². The number of anilines is 1. The molecule has 2 N–H and O–H groups in total. The van der Waals surface area contributed by atoms with E-state index in [0.29, 0.717) is 17.1 Å². The van der Waals surface area contributed by atoms with Gasteiger partial charge in [-0.1, -0.05) is 11.6 Å². The lowest BCUT2D eigenvalue weighted by Crippen LogP contribution is -2.30. The van der Waals surface area contributed by atoms with Gasteiger partial charge in [0.2, 0.25) is 0 Å². The maximum atomic E-state index is 13.5. The summed E-state index contributed by atoms with van der Waals surface area (Å²) in [5.41, 5.74) is -0.459. The van der Waals surface area contributed by atoms with Crippen LogP contribution in [0.1, 0.15) is 45.1 Å². The molecule has 0 bridgehead atoms. The Morgan fingerprint density at radius 3 is 2.60 bits per heavy atom. The first-order valence-corrected chi connectivity index (χ1v) is 10.9. The summed E-state index contributed by atoms with van der Waals surface area (Å²) in [6.45, 7) is 1.67. The van der Waals surface area contributed by atoms with Crippen molar-refractivity contribution in [1.29, 1.82) is 0 Å². The van der Waals surface area contributed by atoms with Gasteiger partial charge in [-0.3, -0.25) is 9.59 Å². The van der Waals surface area contributed by atoms with Gasteiger partial charge in [0, 0.05) is 18.3 Å². The topological polar surface area (TPSA) is 106 Å². The van der Waals surface area contributed by atoms with Gasteiger partial charge in [-0.15, -0.1) is 0 Å². The Morgan fingerprint density at radius 1 is 1.14 bits per heavy atom. The van der Waals surface area contributed by atoms with Gasteiger partial charge in [-0.25, -0.2) is 14.2 Å². The normalized spacial score (nSPS) is 13.7. The highest BCUT2D eigenvalue weighted by atomic mass is 35.5. The van der Waals surface area contributed by atoms with Crippen molar-refractivity contribution in [2.45, 2.75) is 32.0 Å². The van der Waals surface area contributed by atoms with Gasteiger partial charge in [0.1, 0.15) is 5.69 Å². The molecule has 0 unspecified atom stereocenters. The van der Waals surface area contributed by atoms with E-state index in [-0.39, 0.29) is 28.3 Å². The minimum atomic E-state index is -4.82. The standard InChI is InChI=1S/C22H17ClF3N7O2/c1-11-9-13-6-8-28-32(13)18(21(35)29-12-4-5-12)17(11)30-20(34)15-10-16(22(24,25)26)31-33(15)19-14(23)3-2-7-27-19/h2-3,6-10,12H,4-5H2,1H3,(H,29,35)(H,30,34). The molecule has 0 radical (unpaired) electrons. The maximum Gasteiger partial charge on any atom is 0.435 e. The van der Waals surface area contributed by atoms with Crippen LogP contribution in [0.15, 0.2) is 42.7 Å². The Morgan fingerprint density at radius 2 is 1.91 bits per heavy atom. The summed E-state index contributed by atoms with van der Waals surface area (Å²) in [7, 11) is 0. The molecule has 0 atom stereocenters. The van der Waals surface area contributed by atoms with E-state index in [1.807, 2.05) is 0 Å². The number of aromatic nitrogens is 5. The summed E-state index contributed by atoms with van der Waals surface area (Å²) in [6, 6.07) is 6.93. The zero-order valence-electron chi connectivity index (χ0n) is 18.1. The Kier molecular flexibility index (Phi) is 5.47. The molecule has 35 heavy (non-hydrogen) atoms. The molecule has 4 aromatic heterocycles. The molecule has 13 heteroatoms. The lowest BCUT2D eigenvalue weighted by atomic mass is 10.1. The summed E-state index contributed by atoms with van der Waals surface area (Å²) >= 11 is 6.12. The number of hydrogen-bond acceptors (Lipinski definition) is 5. The van der Waals surface area contributed by atoms with Crippen molar-refractivity contribution in [2.75, 3.05) is 5.32 Å². The number of rotatable bonds is 5. The first-order valence-electron chi connectivity index (χ1n) is 10.5. The van der Waals surface area contributed by atoms with Crippen molar-refractivity contribution in [3.8, 4) is 5.82 Å². The summed E-state index contributed by atoms with van der Waals surface area (Å²) in [5, 5.41) is 13.1. The number of alkyl halides is 3. The van der Waals surface area contributed by atoms with Gasteiger partial charge < -0.3 is 10.6 Å². The van der Waals surface area contributed by atoms with Crippen LogP contribution in [0.25, 0.3) is 11.3 Å². The number of fused-ring (bicyclic) bond motifs is 1. The van der Waals surface area contributed by atoms with E-state index >= 15 is 0 Å². The van der Waals surface area contributed by atoms with Crippen molar-refractivity contribution in [1.82, 2.24) is 29.7 Å². The molecule has 180 valence electrons. The third-order valence-electron chi connectivity index (χ3n) is 5.42. The van der Waals surface area contributed by atoms with E-state index in [1.54, 1.807) is 19.1 Å². The molecule has 1 fully saturated rings. The summed E-state index contributed by atoms with van der Waals surface area (Å²) < 4.78 is 42.5. The summed E-state index contributed by atoms with van der Waals surface area (Å²) in [4.78, 5) is 30.3. The second-order valence-corrected chi connectivity index (χ2v) is 8.46. The van der Waals surface area contributed by atoms with Gasteiger partial charge >= 0.3 is 6.18 Å². The first kappa shape index (κ1) is 22.8. The van der Waals surface area contributed by atoms with E-state index in [2.05, 4.69) is 25.8 Å². The molecule has 1 aliphatic carbocycles. The van der Waals surface area contributed by atoms with E-state index in [1.165, 1.54) is 29.0 Å².